The van der Waals surface area contributed by atoms with Crippen LogP contribution in [0.4, 0.5) is 21.9 Å². The second-order valence-electron chi connectivity index (χ2n) is 8.66. The predicted molar refractivity (Wildman–Crippen MR) is 147 cm³/mol. The number of aliphatic hydroxyl groups is 1. The largest absolute Gasteiger partial charge is 0.495 e. The van der Waals surface area contributed by atoms with Crippen LogP contribution in [-0.4, -0.2) is 52.1 Å². The van der Waals surface area contributed by atoms with Gasteiger partial charge in [-0.3, -0.25) is 4.31 Å². The number of carbonyl (C=O) groups excluding carboxylic acids is 2. The third-order valence-electron chi connectivity index (χ3n) is 5.85. The molecular formula is C27H27N3O8S. The maximum atomic E-state index is 13.0. The number of esters is 1. The first-order chi connectivity index (χ1) is 18.5. The maximum Gasteiger partial charge on any atom is 0.412 e. The van der Waals surface area contributed by atoms with Crippen molar-refractivity contribution in [2.24, 2.45) is 5.73 Å². The number of carbonyl (C=O) groups is 2. The molecule has 0 aliphatic heterocycles. The van der Waals surface area contributed by atoms with E-state index in [1.165, 1.54) is 19.2 Å². The molecule has 204 valence electrons. The van der Waals surface area contributed by atoms with Crippen molar-refractivity contribution >= 4 is 50.1 Å². The van der Waals surface area contributed by atoms with E-state index in [0.717, 1.165) is 27.5 Å². The minimum absolute atomic E-state index is 0.0744. The monoisotopic (exact) mass is 553 g/mol. The highest BCUT2D eigenvalue weighted by Gasteiger charge is 2.29. The van der Waals surface area contributed by atoms with Crippen molar-refractivity contribution in [1.29, 1.82) is 0 Å². The standard InChI is InChI=1S/C27H27N3O8S/c1-16-4-8-18(9-5-16)29-19-10-6-17(7-11-19)25-24(26(32)38-27(28)33)20-14-23(36-2)21(15-22(20)37-25)30(12-13-31)39(3,34)35/h4-11,14-15,29,31H,12-13H2,1-3H3,(H2,28,33). The summed E-state index contributed by atoms with van der Waals surface area (Å²) in [6, 6.07) is 17.6. The van der Waals surface area contributed by atoms with Gasteiger partial charge < -0.3 is 30.0 Å². The molecule has 11 nitrogen and oxygen atoms in total. The third kappa shape index (κ3) is 5.97. The molecule has 0 bridgehead atoms. The van der Waals surface area contributed by atoms with Crippen LogP contribution in [0.25, 0.3) is 22.3 Å². The summed E-state index contributed by atoms with van der Waals surface area (Å²) in [7, 11) is -2.48. The van der Waals surface area contributed by atoms with Gasteiger partial charge in [0.1, 0.15) is 22.7 Å². The van der Waals surface area contributed by atoms with E-state index in [-0.39, 0.29) is 40.3 Å². The van der Waals surface area contributed by atoms with Crippen molar-refractivity contribution in [3.05, 3.63) is 71.8 Å². The Bertz CT molecular complexity index is 1630. The summed E-state index contributed by atoms with van der Waals surface area (Å²) in [4.78, 5) is 24.4. The highest BCUT2D eigenvalue weighted by atomic mass is 32.2. The summed E-state index contributed by atoms with van der Waals surface area (Å²) in [5.41, 5.74) is 8.48. The number of nitrogens with zero attached hydrogens (tertiary/aromatic N) is 1. The van der Waals surface area contributed by atoms with Crippen LogP contribution < -0.4 is 20.1 Å². The van der Waals surface area contributed by atoms with Gasteiger partial charge in [0.2, 0.25) is 10.0 Å². The number of benzene rings is 3. The van der Waals surface area contributed by atoms with Crippen LogP contribution in [0.1, 0.15) is 15.9 Å². The van der Waals surface area contributed by atoms with Gasteiger partial charge >= 0.3 is 12.1 Å². The number of nitrogens with one attached hydrogen (secondary N) is 1. The van der Waals surface area contributed by atoms with Crippen molar-refractivity contribution in [2.45, 2.75) is 6.92 Å². The van der Waals surface area contributed by atoms with Crippen LogP contribution in [-0.2, 0) is 14.8 Å². The number of aliphatic hydroxyl groups excluding tert-OH is 1. The lowest BCUT2D eigenvalue weighted by atomic mass is 10.0. The normalized spacial score (nSPS) is 11.3. The molecule has 12 heteroatoms. The predicted octanol–water partition coefficient (Wildman–Crippen LogP) is 4.15. The zero-order valence-corrected chi connectivity index (χ0v) is 22.2. The third-order valence-corrected chi connectivity index (χ3v) is 7.03. The number of aryl methyl sites for hydroxylation is 1. The number of amides is 1. The van der Waals surface area contributed by atoms with Crippen molar-refractivity contribution in [3.8, 4) is 17.1 Å². The van der Waals surface area contributed by atoms with E-state index in [1.54, 1.807) is 24.3 Å². The second-order valence-corrected chi connectivity index (χ2v) is 10.6. The quantitative estimate of drug-likeness (QED) is 0.204. The fourth-order valence-electron chi connectivity index (χ4n) is 4.08. The van der Waals surface area contributed by atoms with Crippen molar-refractivity contribution in [2.75, 3.05) is 36.1 Å². The molecule has 4 rings (SSSR count). The lowest BCUT2D eigenvalue weighted by Gasteiger charge is -2.23. The van der Waals surface area contributed by atoms with E-state index in [1.807, 2.05) is 31.2 Å². The van der Waals surface area contributed by atoms with E-state index < -0.39 is 28.7 Å². The van der Waals surface area contributed by atoms with E-state index in [4.69, 9.17) is 14.9 Å². The molecule has 0 fully saturated rings. The van der Waals surface area contributed by atoms with Crippen LogP contribution in [0, 0.1) is 6.92 Å². The fourth-order valence-corrected chi connectivity index (χ4v) is 5.00. The molecule has 1 heterocycles. The summed E-state index contributed by atoms with van der Waals surface area (Å²) < 4.78 is 41.9. The van der Waals surface area contributed by atoms with E-state index in [9.17, 15) is 23.1 Å². The molecule has 0 saturated carbocycles. The number of rotatable bonds is 9. The van der Waals surface area contributed by atoms with Crippen molar-refractivity contribution in [3.63, 3.8) is 0 Å². The van der Waals surface area contributed by atoms with Gasteiger partial charge in [0.05, 0.1) is 32.2 Å². The molecule has 0 radical (unpaired) electrons. The van der Waals surface area contributed by atoms with Crippen LogP contribution >= 0.6 is 0 Å². The number of furan rings is 1. The SMILES string of the molecule is COc1cc2c(C(=O)OC(N)=O)c(-c3ccc(Nc4ccc(C)cc4)cc3)oc2cc1N(CCO)S(C)(=O)=O. The van der Waals surface area contributed by atoms with E-state index >= 15 is 0 Å². The Hall–Kier alpha value is -4.55. The Morgan fingerprint density at radius 3 is 2.21 bits per heavy atom. The number of fused-ring (bicyclic) bond motifs is 1. The summed E-state index contributed by atoms with van der Waals surface area (Å²) in [6.07, 6.45) is -0.311. The topological polar surface area (TPSA) is 161 Å². The first kappa shape index (κ1) is 27.5. The number of ether oxygens (including phenoxy) is 2. The minimum atomic E-state index is -3.81. The Morgan fingerprint density at radius 1 is 1.05 bits per heavy atom. The number of sulfonamides is 1. The molecular weight excluding hydrogens is 526 g/mol. The number of hydrogen-bond acceptors (Lipinski definition) is 9. The zero-order valence-electron chi connectivity index (χ0n) is 21.4. The Morgan fingerprint density at radius 2 is 1.67 bits per heavy atom. The van der Waals surface area contributed by atoms with Gasteiger partial charge in [0, 0.05) is 28.4 Å². The van der Waals surface area contributed by atoms with Gasteiger partial charge in [-0.2, -0.15) is 0 Å². The maximum absolute atomic E-state index is 13.0. The first-order valence-corrected chi connectivity index (χ1v) is 13.6. The van der Waals surface area contributed by atoms with Gasteiger partial charge in [0.25, 0.3) is 0 Å². The lowest BCUT2D eigenvalue weighted by molar-refractivity contribution is 0.0640. The van der Waals surface area contributed by atoms with Gasteiger partial charge in [-0.15, -0.1) is 0 Å². The van der Waals surface area contributed by atoms with Crippen LogP contribution in [0.3, 0.4) is 0 Å². The molecule has 0 saturated heterocycles. The molecule has 4 N–H and O–H groups in total. The number of anilines is 3. The molecule has 0 aliphatic rings. The van der Waals surface area contributed by atoms with Crippen molar-refractivity contribution < 1.29 is 37.0 Å². The van der Waals surface area contributed by atoms with E-state index in [0.29, 0.717) is 5.56 Å². The van der Waals surface area contributed by atoms with Crippen LogP contribution in [0.2, 0.25) is 0 Å². The Labute approximate surface area is 224 Å². The average molecular weight is 554 g/mol. The number of primary amides is 1. The lowest BCUT2D eigenvalue weighted by Crippen LogP contribution is -2.32. The summed E-state index contributed by atoms with van der Waals surface area (Å²) in [5.74, 6) is -0.895. The molecule has 0 aliphatic carbocycles. The zero-order chi connectivity index (χ0) is 28.3. The molecule has 0 spiro atoms. The molecule has 0 unspecified atom stereocenters. The molecule has 4 aromatic rings. The van der Waals surface area contributed by atoms with Gasteiger partial charge in [-0.25, -0.2) is 18.0 Å². The molecule has 0 atom stereocenters. The fraction of sp³-hybridized carbons (Fsp3) is 0.185. The average Bonchev–Trinajstić information content (AvgIpc) is 3.25. The van der Waals surface area contributed by atoms with Crippen LogP contribution in [0.15, 0.2) is 65.1 Å². The Kier molecular flexibility index (Phi) is 7.79. The first-order valence-electron chi connectivity index (χ1n) is 11.7. The molecule has 3 aromatic carbocycles. The second kappa shape index (κ2) is 11.1. The summed E-state index contributed by atoms with van der Waals surface area (Å²) in [5, 5.41) is 12.9. The molecule has 1 amide bonds. The van der Waals surface area contributed by atoms with E-state index in [2.05, 4.69) is 10.1 Å². The minimum Gasteiger partial charge on any atom is -0.495 e. The van der Waals surface area contributed by atoms with Gasteiger partial charge in [-0.05, 0) is 49.4 Å². The summed E-state index contributed by atoms with van der Waals surface area (Å²) in [6.45, 7) is 1.31. The highest BCUT2D eigenvalue weighted by Crippen LogP contribution is 2.41. The molecule has 1 aromatic heterocycles. The summed E-state index contributed by atoms with van der Waals surface area (Å²) >= 11 is 0. The van der Waals surface area contributed by atoms with Crippen LogP contribution in [0.5, 0.6) is 5.75 Å². The molecule has 39 heavy (non-hydrogen) atoms. The van der Waals surface area contributed by atoms with Crippen molar-refractivity contribution in [1.82, 2.24) is 0 Å². The number of methoxy groups -OCH3 is 1. The highest BCUT2D eigenvalue weighted by molar-refractivity contribution is 7.92. The Balaban J connectivity index is 1.84. The smallest absolute Gasteiger partial charge is 0.412 e. The number of nitrogens with two attached hydrogens (primary N) is 1. The number of hydrogen-bond donors (Lipinski definition) is 3. The van der Waals surface area contributed by atoms with Gasteiger partial charge in [0.15, 0.2) is 0 Å². The van der Waals surface area contributed by atoms with Gasteiger partial charge in [-0.1, -0.05) is 17.7 Å².